The number of halogens is 1. The lowest BCUT2D eigenvalue weighted by molar-refractivity contribution is 0.209. The fourth-order valence-electron chi connectivity index (χ4n) is 2.41. The van der Waals surface area contributed by atoms with E-state index in [0.717, 1.165) is 31.9 Å². The third-order valence-electron chi connectivity index (χ3n) is 3.59. The molecule has 1 heterocycles. The molecule has 106 valence electrons. The number of piperazine rings is 1. The molecular weight excluding hydrogens is 243 g/mol. The van der Waals surface area contributed by atoms with Gasteiger partial charge in [0, 0.05) is 37.9 Å². The second-order valence-electron chi connectivity index (χ2n) is 5.15. The largest absolute Gasteiger partial charge is 0.491 e. The summed E-state index contributed by atoms with van der Waals surface area (Å²) in [5, 5.41) is 0. The molecule has 0 bridgehead atoms. The van der Waals surface area contributed by atoms with Gasteiger partial charge in [-0.3, -0.25) is 4.90 Å². The van der Waals surface area contributed by atoms with Crippen LogP contribution in [0.2, 0.25) is 0 Å². The van der Waals surface area contributed by atoms with E-state index in [1.807, 2.05) is 12.1 Å². The van der Waals surface area contributed by atoms with Crippen LogP contribution >= 0.6 is 0 Å². The average molecular weight is 266 g/mol. The number of hydrogen-bond acceptors (Lipinski definition) is 3. The molecule has 0 saturated carbocycles. The molecule has 19 heavy (non-hydrogen) atoms. The van der Waals surface area contributed by atoms with E-state index >= 15 is 0 Å². The van der Waals surface area contributed by atoms with Crippen LogP contribution < -0.4 is 9.64 Å². The fraction of sp³-hybridized carbons (Fsp3) is 0.600. The first-order valence-corrected chi connectivity index (χ1v) is 6.98. The van der Waals surface area contributed by atoms with Crippen LogP contribution in [0.4, 0.5) is 10.1 Å². The summed E-state index contributed by atoms with van der Waals surface area (Å²) in [6.07, 6.45) is 0. The first-order chi connectivity index (χ1) is 9.20. The predicted molar refractivity (Wildman–Crippen MR) is 76.8 cm³/mol. The lowest BCUT2D eigenvalue weighted by atomic mass is 10.2. The number of hydrogen-bond donors (Lipinski definition) is 0. The van der Waals surface area contributed by atoms with Crippen molar-refractivity contribution in [2.45, 2.75) is 19.9 Å². The monoisotopic (exact) mass is 266 g/mol. The van der Waals surface area contributed by atoms with E-state index in [1.165, 1.54) is 5.69 Å². The SMILES string of the molecule is CC(C)N1CCN(c2ccc(OCCF)cc2)CC1. The van der Waals surface area contributed by atoms with Gasteiger partial charge in [0.05, 0.1) is 0 Å². The summed E-state index contributed by atoms with van der Waals surface area (Å²) in [6, 6.07) is 8.57. The molecule has 0 aliphatic carbocycles. The zero-order valence-electron chi connectivity index (χ0n) is 11.8. The van der Waals surface area contributed by atoms with Crippen molar-refractivity contribution in [2.24, 2.45) is 0 Å². The Labute approximate surface area is 115 Å². The molecule has 1 aromatic rings. The number of ether oxygens (including phenoxy) is 1. The van der Waals surface area contributed by atoms with Crippen LogP contribution in [0.5, 0.6) is 5.75 Å². The van der Waals surface area contributed by atoms with Crippen LogP contribution in [-0.2, 0) is 0 Å². The Bertz CT molecular complexity index is 372. The summed E-state index contributed by atoms with van der Waals surface area (Å²) in [7, 11) is 0. The van der Waals surface area contributed by atoms with Gasteiger partial charge in [-0.25, -0.2) is 4.39 Å². The van der Waals surface area contributed by atoms with Crippen molar-refractivity contribution in [3.05, 3.63) is 24.3 Å². The minimum atomic E-state index is -0.446. The number of alkyl halides is 1. The van der Waals surface area contributed by atoms with Crippen LogP contribution in [0.15, 0.2) is 24.3 Å². The molecule has 0 unspecified atom stereocenters. The number of rotatable bonds is 5. The van der Waals surface area contributed by atoms with Crippen LogP contribution in [0.1, 0.15) is 13.8 Å². The van der Waals surface area contributed by atoms with Crippen LogP contribution in [0, 0.1) is 0 Å². The highest BCUT2D eigenvalue weighted by Crippen LogP contribution is 2.21. The van der Waals surface area contributed by atoms with E-state index in [1.54, 1.807) is 0 Å². The molecule has 4 heteroatoms. The Kier molecular flexibility index (Phi) is 5.02. The van der Waals surface area contributed by atoms with Gasteiger partial charge in [-0.15, -0.1) is 0 Å². The second-order valence-corrected chi connectivity index (χ2v) is 5.15. The van der Waals surface area contributed by atoms with Gasteiger partial charge in [0.2, 0.25) is 0 Å². The van der Waals surface area contributed by atoms with Crippen molar-refractivity contribution in [1.82, 2.24) is 4.90 Å². The maximum absolute atomic E-state index is 12.0. The van der Waals surface area contributed by atoms with Gasteiger partial charge in [0.15, 0.2) is 0 Å². The molecule has 1 aromatic carbocycles. The highest BCUT2D eigenvalue weighted by molar-refractivity contribution is 5.49. The molecule has 1 aliphatic heterocycles. The van der Waals surface area contributed by atoms with Crippen molar-refractivity contribution < 1.29 is 9.13 Å². The Morgan fingerprint density at radius 1 is 1.11 bits per heavy atom. The van der Waals surface area contributed by atoms with Gasteiger partial charge in [0.25, 0.3) is 0 Å². The van der Waals surface area contributed by atoms with Crippen molar-refractivity contribution in [1.29, 1.82) is 0 Å². The summed E-state index contributed by atoms with van der Waals surface area (Å²) < 4.78 is 17.3. The van der Waals surface area contributed by atoms with Crippen molar-refractivity contribution in [3.63, 3.8) is 0 Å². The third kappa shape index (κ3) is 3.83. The Morgan fingerprint density at radius 2 is 1.74 bits per heavy atom. The topological polar surface area (TPSA) is 15.7 Å². The van der Waals surface area contributed by atoms with Gasteiger partial charge in [-0.1, -0.05) is 0 Å². The van der Waals surface area contributed by atoms with Gasteiger partial charge >= 0.3 is 0 Å². The second kappa shape index (κ2) is 6.75. The van der Waals surface area contributed by atoms with Crippen LogP contribution in [0.3, 0.4) is 0 Å². The van der Waals surface area contributed by atoms with Crippen LogP contribution in [-0.4, -0.2) is 50.4 Å². The molecule has 0 aromatic heterocycles. The van der Waals surface area contributed by atoms with E-state index < -0.39 is 6.67 Å². The lowest BCUT2D eigenvalue weighted by Crippen LogP contribution is -2.48. The van der Waals surface area contributed by atoms with E-state index in [0.29, 0.717) is 6.04 Å². The molecule has 3 nitrogen and oxygen atoms in total. The highest BCUT2D eigenvalue weighted by atomic mass is 19.1. The molecule has 0 N–H and O–H groups in total. The van der Waals surface area contributed by atoms with Crippen LogP contribution in [0.25, 0.3) is 0 Å². The molecule has 0 spiro atoms. The zero-order valence-corrected chi connectivity index (χ0v) is 11.8. The Hall–Kier alpha value is -1.29. The van der Waals surface area contributed by atoms with E-state index in [2.05, 4.69) is 35.8 Å². The molecule has 1 fully saturated rings. The van der Waals surface area contributed by atoms with E-state index in [4.69, 9.17) is 4.74 Å². The predicted octanol–water partition coefficient (Wildman–Crippen LogP) is 2.57. The minimum Gasteiger partial charge on any atom is -0.491 e. The zero-order chi connectivity index (χ0) is 13.7. The maximum atomic E-state index is 12.0. The molecule has 0 atom stereocenters. The third-order valence-corrected chi connectivity index (χ3v) is 3.59. The number of anilines is 1. The standard InChI is InChI=1S/C15H23FN2O/c1-13(2)17-8-10-18(11-9-17)14-3-5-15(6-4-14)19-12-7-16/h3-6,13H,7-12H2,1-2H3. The number of benzene rings is 1. The first-order valence-electron chi connectivity index (χ1n) is 6.98. The molecule has 0 amide bonds. The van der Waals surface area contributed by atoms with E-state index in [9.17, 15) is 4.39 Å². The molecule has 1 saturated heterocycles. The first kappa shape index (κ1) is 14.1. The van der Waals surface area contributed by atoms with Gasteiger partial charge in [-0.2, -0.15) is 0 Å². The van der Waals surface area contributed by atoms with Crippen molar-refractivity contribution >= 4 is 5.69 Å². The Balaban J connectivity index is 1.89. The maximum Gasteiger partial charge on any atom is 0.123 e. The Morgan fingerprint density at radius 3 is 2.26 bits per heavy atom. The molecule has 2 rings (SSSR count). The smallest absolute Gasteiger partial charge is 0.123 e. The fourth-order valence-corrected chi connectivity index (χ4v) is 2.41. The average Bonchev–Trinajstić information content (AvgIpc) is 2.46. The van der Waals surface area contributed by atoms with Gasteiger partial charge in [-0.05, 0) is 38.1 Å². The quantitative estimate of drug-likeness (QED) is 0.814. The van der Waals surface area contributed by atoms with Gasteiger partial charge in [0.1, 0.15) is 19.0 Å². The van der Waals surface area contributed by atoms with Crippen molar-refractivity contribution in [2.75, 3.05) is 44.4 Å². The highest BCUT2D eigenvalue weighted by Gasteiger charge is 2.18. The molecular formula is C15H23FN2O. The molecule has 0 radical (unpaired) electrons. The summed E-state index contributed by atoms with van der Waals surface area (Å²) in [4.78, 5) is 4.88. The normalized spacial score (nSPS) is 16.9. The van der Waals surface area contributed by atoms with Gasteiger partial charge < -0.3 is 9.64 Å². The van der Waals surface area contributed by atoms with Crippen molar-refractivity contribution in [3.8, 4) is 5.75 Å². The lowest BCUT2D eigenvalue weighted by Gasteiger charge is -2.38. The summed E-state index contributed by atoms with van der Waals surface area (Å²) in [5.74, 6) is 0.738. The summed E-state index contributed by atoms with van der Waals surface area (Å²) in [6.45, 7) is 8.51. The summed E-state index contributed by atoms with van der Waals surface area (Å²) in [5.41, 5.74) is 1.22. The van der Waals surface area contributed by atoms with E-state index in [-0.39, 0.29) is 6.61 Å². The minimum absolute atomic E-state index is 0.131. The summed E-state index contributed by atoms with van der Waals surface area (Å²) >= 11 is 0. The molecule has 1 aliphatic rings. The number of nitrogens with zero attached hydrogens (tertiary/aromatic N) is 2.